The molecule has 0 saturated heterocycles. The smallest absolute Gasteiger partial charge is 0.0457 e. The molecule has 0 aromatic heterocycles. The van der Waals surface area contributed by atoms with Gasteiger partial charge in [0.25, 0.3) is 0 Å². The summed E-state index contributed by atoms with van der Waals surface area (Å²) in [6, 6.07) is 0. The first kappa shape index (κ1) is 22.6. The van der Waals surface area contributed by atoms with Crippen LogP contribution in [0.3, 0.4) is 0 Å². The van der Waals surface area contributed by atoms with E-state index in [-0.39, 0.29) is 0 Å². The van der Waals surface area contributed by atoms with Crippen molar-refractivity contribution in [1.29, 1.82) is 0 Å². The van der Waals surface area contributed by atoms with Crippen molar-refractivity contribution in [1.82, 2.24) is 0 Å². The van der Waals surface area contributed by atoms with Gasteiger partial charge in [-0.3, -0.25) is 0 Å². The summed E-state index contributed by atoms with van der Waals surface area (Å²) in [5, 5.41) is 3.54. The van der Waals surface area contributed by atoms with Crippen molar-refractivity contribution in [2.24, 2.45) is 0 Å². The molecule has 0 saturated carbocycles. The average molecular weight is 396 g/mol. The number of hydrogen-bond donors (Lipinski definition) is 1. The van der Waals surface area contributed by atoms with Crippen molar-refractivity contribution in [2.45, 2.75) is 80.7 Å². The summed E-state index contributed by atoms with van der Waals surface area (Å²) in [5.41, 5.74) is 18.0. The van der Waals surface area contributed by atoms with Crippen LogP contribution in [0.2, 0.25) is 0 Å². The Morgan fingerprint density at radius 1 is 0.607 bits per heavy atom. The normalized spacial score (nSPS) is 11.1. The number of hydrogen-bond acceptors (Lipinski definition) is 2. The zero-order valence-corrected chi connectivity index (χ0v) is 20.3. The lowest BCUT2D eigenvalue weighted by atomic mass is 9.90. The first-order valence-corrected chi connectivity index (χ1v) is 11.3. The Labute approximate surface area is 177 Å². The van der Waals surface area contributed by atoms with Crippen molar-refractivity contribution in [3.05, 3.63) is 73.5 Å². The first-order valence-electron chi connectivity index (χ1n) is 10.1. The Bertz CT molecular complexity index is 906. The van der Waals surface area contributed by atoms with Gasteiger partial charge in [-0.1, -0.05) is 6.58 Å². The van der Waals surface area contributed by atoms with E-state index in [9.17, 15) is 0 Å². The Hall–Kier alpha value is -1.67. The predicted octanol–water partition coefficient (Wildman–Crippen LogP) is 7.84. The van der Waals surface area contributed by atoms with Crippen LogP contribution in [-0.4, -0.2) is 0 Å². The van der Waals surface area contributed by atoms with Gasteiger partial charge in [0.15, 0.2) is 0 Å². The molecular formula is C26H37NS. The minimum Gasteiger partial charge on any atom is -0.359 e. The highest BCUT2D eigenvalue weighted by Gasteiger charge is 2.17. The van der Waals surface area contributed by atoms with Crippen molar-refractivity contribution in [2.75, 3.05) is 5.32 Å². The molecule has 0 aliphatic heterocycles. The molecule has 0 amide bonds. The summed E-state index contributed by atoms with van der Waals surface area (Å²) in [4.78, 5) is 0. The van der Waals surface area contributed by atoms with Crippen LogP contribution in [0.4, 0.5) is 5.69 Å². The zero-order chi connectivity index (χ0) is 21.3. The minimum atomic E-state index is 0.994. The molecule has 2 rings (SSSR count). The second-order valence-electron chi connectivity index (χ2n) is 8.36. The van der Waals surface area contributed by atoms with E-state index in [0.717, 1.165) is 17.2 Å². The van der Waals surface area contributed by atoms with Gasteiger partial charge < -0.3 is 5.32 Å². The van der Waals surface area contributed by atoms with Crippen LogP contribution in [-0.2, 0) is 11.5 Å². The van der Waals surface area contributed by atoms with Crippen LogP contribution in [0, 0.1) is 62.3 Å². The van der Waals surface area contributed by atoms with E-state index in [4.69, 9.17) is 0 Å². The van der Waals surface area contributed by atoms with Crippen molar-refractivity contribution in [3.8, 4) is 0 Å². The number of thioether (sulfide) groups is 1. The van der Waals surface area contributed by atoms with Crippen molar-refractivity contribution < 1.29 is 0 Å². The summed E-state index contributed by atoms with van der Waals surface area (Å²) < 4.78 is 0. The van der Waals surface area contributed by atoms with Crippen molar-refractivity contribution in [3.63, 3.8) is 0 Å². The summed E-state index contributed by atoms with van der Waals surface area (Å²) in [6.07, 6.45) is 0. The summed E-state index contributed by atoms with van der Waals surface area (Å²) in [5.74, 6) is 2.06. The lowest BCUT2D eigenvalue weighted by molar-refractivity contribution is 1.11. The van der Waals surface area contributed by atoms with Crippen LogP contribution in [0.1, 0.15) is 68.1 Å². The maximum absolute atomic E-state index is 4.08. The number of benzene rings is 2. The SMILES string of the molecule is C=C(C)Nc1c(C)c(C)c(C)c(C)c1CSCc1c(C)c(C)c(C)c(C)c1C. The van der Waals surface area contributed by atoms with Gasteiger partial charge in [-0.15, -0.1) is 0 Å². The monoisotopic (exact) mass is 395 g/mol. The van der Waals surface area contributed by atoms with Gasteiger partial charge in [0, 0.05) is 22.9 Å². The molecule has 2 heteroatoms. The highest BCUT2D eigenvalue weighted by Crippen LogP contribution is 2.36. The molecule has 0 bridgehead atoms. The van der Waals surface area contributed by atoms with Gasteiger partial charge in [0.05, 0.1) is 0 Å². The zero-order valence-electron chi connectivity index (χ0n) is 19.5. The fourth-order valence-corrected chi connectivity index (χ4v) is 5.31. The number of rotatable bonds is 6. The molecular weight excluding hydrogens is 358 g/mol. The number of allylic oxidation sites excluding steroid dienone is 1. The van der Waals surface area contributed by atoms with Crippen LogP contribution in [0.25, 0.3) is 0 Å². The van der Waals surface area contributed by atoms with E-state index in [1.165, 1.54) is 66.9 Å². The third kappa shape index (κ3) is 4.17. The fraction of sp³-hybridized carbons (Fsp3) is 0.462. The summed E-state index contributed by atoms with van der Waals surface area (Å²) in [7, 11) is 0. The molecule has 0 spiro atoms. The lowest BCUT2D eigenvalue weighted by Crippen LogP contribution is -2.07. The number of anilines is 1. The second kappa shape index (κ2) is 8.78. The molecule has 28 heavy (non-hydrogen) atoms. The van der Waals surface area contributed by atoms with Gasteiger partial charge in [0.2, 0.25) is 0 Å². The Balaban J connectivity index is 2.38. The maximum Gasteiger partial charge on any atom is 0.0457 e. The van der Waals surface area contributed by atoms with Gasteiger partial charge >= 0.3 is 0 Å². The maximum atomic E-state index is 4.08. The van der Waals surface area contributed by atoms with E-state index >= 15 is 0 Å². The second-order valence-corrected chi connectivity index (χ2v) is 9.34. The molecule has 0 radical (unpaired) electrons. The molecule has 0 atom stereocenters. The van der Waals surface area contributed by atoms with Gasteiger partial charge in [0.1, 0.15) is 0 Å². The van der Waals surface area contributed by atoms with E-state index in [2.05, 4.69) is 74.2 Å². The molecule has 0 aliphatic rings. The molecule has 0 heterocycles. The van der Waals surface area contributed by atoms with E-state index in [1.54, 1.807) is 0 Å². The van der Waals surface area contributed by atoms with E-state index < -0.39 is 0 Å². The molecule has 0 unspecified atom stereocenters. The molecule has 2 aromatic carbocycles. The van der Waals surface area contributed by atoms with Crippen LogP contribution < -0.4 is 5.32 Å². The van der Waals surface area contributed by atoms with Crippen molar-refractivity contribution >= 4 is 17.4 Å². The lowest BCUT2D eigenvalue weighted by Gasteiger charge is -2.23. The van der Waals surface area contributed by atoms with Gasteiger partial charge in [-0.2, -0.15) is 11.8 Å². The Kier molecular flexibility index (Phi) is 7.09. The van der Waals surface area contributed by atoms with Crippen LogP contribution >= 0.6 is 11.8 Å². The minimum absolute atomic E-state index is 0.994. The van der Waals surface area contributed by atoms with Crippen LogP contribution in [0.15, 0.2) is 12.3 Å². The third-order valence-corrected chi connectivity index (χ3v) is 7.79. The Morgan fingerprint density at radius 2 is 0.964 bits per heavy atom. The molecule has 0 fully saturated rings. The highest BCUT2D eigenvalue weighted by molar-refractivity contribution is 7.97. The average Bonchev–Trinajstić information content (AvgIpc) is 2.65. The van der Waals surface area contributed by atoms with Crippen LogP contribution in [0.5, 0.6) is 0 Å². The topological polar surface area (TPSA) is 12.0 Å². The third-order valence-electron chi connectivity index (χ3n) is 6.80. The molecule has 0 aliphatic carbocycles. The van der Waals surface area contributed by atoms with E-state index in [1.807, 2.05) is 18.7 Å². The largest absolute Gasteiger partial charge is 0.359 e. The highest BCUT2D eigenvalue weighted by atomic mass is 32.2. The standard InChI is InChI=1S/C26H37NS/c1-14(2)27-26-23(11)19(7)18(6)22(10)25(26)13-28-12-24-20(8)16(4)15(3)17(5)21(24)9/h27H,1,12-13H2,2-11H3. The molecule has 152 valence electrons. The Morgan fingerprint density at radius 3 is 1.43 bits per heavy atom. The summed E-state index contributed by atoms with van der Waals surface area (Å²) >= 11 is 2.02. The van der Waals surface area contributed by atoms with E-state index in [0.29, 0.717) is 0 Å². The fourth-order valence-electron chi connectivity index (χ4n) is 4.00. The number of nitrogens with one attached hydrogen (secondary N) is 1. The molecule has 2 aromatic rings. The van der Waals surface area contributed by atoms with Gasteiger partial charge in [-0.05, 0) is 130 Å². The first-order chi connectivity index (χ1) is 13.0. The van der Waals surface area contributed by atoms with Gasteiger partial charge in [-0.25, -0.2) is 0 Å². The molecule has 1 nitrogen and oxygen atoms in total. The summed E-state index contributed by atoms with van der Waals surface area (Å²) in [6.45, 7) is 26.4. The predicted molar refractivity (Wildman–Crippen MR) is 129 cm³/mol. The quantitative estimate of drug-likeness (QED) is 0.534. The molecule has 1 N–H and O–H groups in total.